The Kier molecular flexibility index (Phi) is 7.09. The fraction of sp³-hybridized carbons (Fsp3) is 0.261. The maximum absolute atomic E-state index is 13.9. The molecule has 3 aliphatic rings. The number of fused-ring (bicyclic) bond motifs is 5. The van der Waals surface area contributed by atoms with E-state index in [9.17, 15) is 24.5 Å². The van der Waals surface area contributed by atoms with Gasteiger partial charge in [0.2, 0.25) is 0 Å². The summed E-state index contributed by atoms with van der Waals surface area (Å²) in [6, 6.07) is 9.11. The zero-order valence-electron chi connectivity index (χ0n) is 18.8. The minimum absolute atomic E-state index is 0.120. The monoisotopic (exact) mass is 689 g/mol. The second kappa shape index (κ2) is 9.53. The standard InChI is InChI=1S/C23H11Cl8N3O5/c24-11-5-4-10(13(25)7-11)8-32(18(35)9-2-1-3-12(6-9)34(38)39)33-19(36)14-15(20(33)37)22(29)17(27)16(26)21(14,28)23(22,30)31/h1-7,14-15H,8H2/t14-,15-,21+,22+/m0/s1. The highest BCUT2D eigenvalue weighted by Gasteiger charge is 2.88. The largest absolute Gasteiger partial charge is 0.273 e. The number of nitro benzene ring substituents is 1. The van der Waals surface area contributed by atoms with Crippen LogP contribution < -0.4 is 0 Å². The first-order valence-electron chi connectivity index (χ1n) is 10.8. The Hall–Kier alpha value is -1.49. The molecule has 1 saturated carbocycles. The van der Waals surface area contributed by atoms with Crippen molar-refractivity contribution >= 4 is 116 Å². The third-order valence-electron chi connectivity index (χ3n) is 7.00. The van der Waals surface area contributed by atoms with Gasteiger partial charge in [-0.1, -0.05) is 81.7 Å². The molecule has 39 heavy (non-hydrogen) atoms. The molecular formula is C23H11Cl8N3O5. The van der Waals surface area contributed by atoms with Crippen molar-refractivity contribution in [3.8, 4) is 0 Å². The predicted octanol–water partition coefficient (Wildman–Crippen LogP) is 6.91. The average molecular weight is 693 g/mol. The highest BCUT2D eigenvalue weighted by atomic mass is 35.5. The van der Waals surface area contributed by atoms with Gasteiger partial charge in [0.15, 0.2) is 4.33 Å². The number of hydrogen-bond donors (Lipinski definition) is 0. The molecule has 0 aromatic heterocycles. The molecule has 2 bridgehead atoms. The fourth-order valence-corrected chi connectivity index (χ4v) is 8.56. The number of non-ortho nitro benzene ring substituents is 1. The molecule has 0 unspecified atom stereocenters. The van der Waals surface area contributed by atoms with Gasteiger partial charge < -0.3 is 0 Å². The second-order valence-electron chi connectivity index (χ2n) is 8.98. The van der Waals surface area contributed by atoms with Gasteiger partial charge in [-0.05, 0) is 23.8 Å². The van der Waals surface area contributed by atoms with E-state index in [1.54, 1.807) is 0 Å². The van der Waals surface area contributed by atoms with Crippen LogP contribution in [0.3, 0.4) is 0 Å². The van der Waals surface area contributed by atoms with Gasteiger partial charge in [-0.15, -0.1) is 23.2 Å². The van der Waals surface area contributed by atoms with Crippen molar-refractivity contribution in [2.75, 3.05) is 0 Å². The summed E-state index contributed by atoms with van der Waals surface area (Å²) in [6.45, 7) is -0.430. The normalized spacial score (nSPS) is 28.8. The van der Waals surface area contributed by atoms with Gasteiger partial charge in [0.05, 0.1) is 33.4 Å². The highest BCUT2D eigenvalue weighted by Crippen LogP contribution is 2.77. The van der Waals surface area contributed by atoms with Crippen LogP contribution in [0, 0.1) is 22.0 Å². The lowest BCUT2D eigenvalue weighted by Gasteiger charge is -2.37. The first kappa shape index (κ1) is 29.0. The molecule has 0 spiro atoms. The number of hydrazine groups is 1. The molecule has 5 rings (SSSR count). The number of carbonyl (C=O) groups excluding carboxylic acids is 3. The zero-order valence-corrected chi connectivity index (χ0v) is 24.9. The van der Waals surface area contributed by atoms with Crippen molar-refractivity contribution in [2.24, 2.45) is 11.8 Å². The van der Waals surface area contributed by atoms with Gasteiger partial charge in [0.25, 0.3) is 23.4 Å². The summed E-state index contributed by atoms with van der Waals surface area (Å²) in [5.41, 5.74) is -0.301. The third kappa shape index (κ3) is 3.76. The predicted molar refractivity (Wildman–Crippen MR) is 149 cm³/mol. The lowest BCUT2D eigenvalue weighted by Crippen LogP contribution is -2.55. The van der Waals surface area contributed by atoms with Gasteiger partial charge in [0.1, 0.15) is 9.75 Å². The summed E-state index contributed by atoms with van der Waals surface area (Å²) >= 11 is 51.6. The molecule has 2 fully saturated rings. The highest BCUT2D eigenvalue weighted by molar-refractivity contribution is 6.66. The molecule has 3 amide bonds. The van der Waals surface area contributed by atoms with E-state index in [0.29, 0.717) is 15.6 Å². The van der Waals surface area contributed by atoms with E-state index in [-0.39, 0.29) is 20.7 Å². The Morgan fingerprint density at radius 3 is 2.00 bits per heavy atom. The Labute approximate surface area is 260 Å². The van der Waals surface area contributed by atoms with Crippen LogP contribution in [0.1, 0.15) is 15.9 Å². The van der Waals surface area contributed by atoms with E-state index in [2.05, 4.69) is 0 Å². The molecule has 0 N–H and O–H groups in total. The number of benzene rings is 2. The molecule has 1 saturated heterocycles. The quantitative estimate of drug-likeness (QED) is 0.147. The molecule has 1 heterocycles. The Morgan fingerprint density at radius 1 is 0.923 bits per heavy atom. The number of carbonyl (C=O) groups is 3. The summed E-state index contributed by atoms with van der Waals surface area (Å²) in [7, 11) is 0. The van der Waals surface area contributed by atoms with Crippen molar-refractivity contribution in [2.45, 2.75) is 20.6 Å². The van der Waals surface area contributed by atoms with Crippen LogP contribution in [0.4, 0.5) is 5.69 Å². The summed E-state index contributed by atoms with van der Waals surface area (Å²) in [4.78, 5) is 48.1. The summed E-state index contributed by atoms with van der Waals surface area (Å²) in [5, 5.41) is 12.5. The minimum Gasteiger partial charge on any atom is -0.272 e. The van der Waals surface area contributed by atoms with Crippen molar-refractivity contribution in [3.63, 3.8) is 0 Å². The number of imide groups is 1. The van der Waals surface area contributed by atoms with Crippen LogP contribution in [0.15, 0.2) is 52.5 Å². The summed E-state index contributed by atoms with van der Waals surface area (Å²) in [5.74, 6) is -5.93. The van der Waals surface area contributed by atoms with E-state index < -0.39 is 60.8 Å². The van der Waals surface area contributed by atoms with Crippen LogP contribution in [0.25, 0.3) is 0 Å². The molecule has 16 heteroatoms. The van der Waals surface area contributed by atoms with Crippen LogP contribution >= 0.6 is 92.8 Å². The minimum atomic E-state index is -2.17. The molecule has 204 valence electrons. The molecule has 1 aliphatic heterocycles. The van der Waals surface area contributed by atoms with E-state index in [4.69, 9.17) is 92.8 Å². The number of hydrogen-bond acceptors (Lipinski definition) is 5. The smallest absolute Gasteiger partial charge is 0.272 e. The SMILES string of the molecule is O=C(c1cccc([N+](=O)[O-])c1)N(Cc1ccc(Cl)cc1Cl)N1C(=O)[C@@H]2[C@@H](C1=O)[C@@]1(Cl)C(Cl)=C(Cl)[C@@]2(Cl)C1(Cl)Cl. The summed E-state index contributed by atoms with van der Waals surface area (Å²) < 4.78 is -2.17. The van der Waals surface area contributed by atoms with Crippen molar-refractivity contribution in [1.82, 2.24) is 10.0 Å². The van der Waals surface area contributed by atoms with Crippen LogP contribution in [0.5, 0.6) is 0 Å². The number of nitrogens with zero attached hydrogens (tertiary/aromatic N) is 3. The fourth-order valence-electron chi connectivity index (χ4n) is 5.16. The van der Waals surface area contributed by atoms with Gasteiger partial charge in [0, 0.05) is 27.7 Å². The number of rotatable bonds is 5. The molecular weight excluding hydrogens is 682 g/mol. The average Bonchev–Trinajstić information content (AvgIpc) is 3.26. The van der Waals surface area contributed by atoms with Gasteiger partial charge in [-0.2, -0.15) is 5.01 Å². The van der Waals surface area contributed by atoms with E-state index in [1.807, 2.05) is 0 Å². The van der Waals surface area contributed by atoms with Crippen molar-refractivity contribution in [1.29, 1.82) is 0 Å². The number of amides is 3. The first-order valence-corrected chi connectivity index (χ1v) is 13.8. The Morgan fingerprint density at radius 2 is 1.49 bits per heavy atom. The lowest BCUT2D eigenvalue weighted by atomic mass is 9.84. The number of alkyl halides is 4. The number of halogens is 8. The molecule has 2 aromatic rings. The van der Waals surface area contributed by atoms with Crippen LogP contribution in [0.2, 0.25) is 10.0 Å². The van der Waals surface area contributed by atoms with Crippen molar-refractivity contribution in [3.05, 3.63) is 83.8 Å². The lowest BCUT2D eigenvalue weighted by molar-refractivity contribution is -0.384. The van der Waals surface area contributed by atoms with E-state index in [1.165, 1.54) is 36.4 Å². The Balaban J connectivity index is 1.64. The third-order valence-corrected chi connectivity index (χ3v) is 11.8. The van der Waals surface area contributed by atoms with E-state index >= 15 is 0 Å². The zero-order chi connectivity index (χ0) is 28.8. The molecule has 2 aliphatic carbocycles. The number of allylic oxidation sites excluding steroid dienone is 2. The molecule has 2 aromatic carbocycles. The van der Waals surface area contributed by atoms with Crippen LogP contribution in [-0.2, 0) is 16.1 Å². The maximum atomic E-state index is 13.9. The van der Waals surface area contributed by atoms with Gasteiger partial charge in [-0.3, -0.25) is 24.5 Å². The topological polar surface area (TPSA) is 101 Å². The summed E-state index contributed by atoms with van der Waals surface area (Å²) in [6.07, 6.45) is 0. The van der Waals surface area contributed by atoms with Crippen molar-refractivity contribution < 1.29 is 19.3 Å². The van der Waals surface area contributed by atoms with E-state index in [0.717, 1.165) is 11.1 Å². The second-order valence-corrected chi connectivity index (χ2v) is 13.1. The Bertz CT molecular complexity index is 1490. The van der Waals surface area contributed by atoms with Gasteiger partial charge >= 0.3 is 0 Å². The van der Waals surface area contributed by atoms with Crippen LogP contribution in [-0.4, -0.2) is 46.7 Å². The maximum Gasteiger partial charge on any atom is 0.273 e. The molecule has 4 atom stereocenters. The van der Waals surface area contributed by atoms with Gasteiger partial charge in [-0.25, -0.2) is 5.01 Å². The molecule has 8 nitrogen and oxygen atoms in total. The first-order chi connectivity index (χ1) is 18.1. The number of nitro groups is 1. The molecule has 0 radical (unpaired) electrons.